The summed E-state index contributed by atoms with van der Waals surface area (Å²) < 4.78 is 5.31. The standard InChI is InChI=1S/C21H26N4O3/c1-16(17-5-3-2-4-6-17)24-21(27)19-13-18(14-22-15-19)20(26)23-7-8-25-9-11-28-12-10-25/h2-6,13-16H,7-12H2,1H3,(H,23,26)(H,24,27). The van der Waals surface area contributed by atoms with Gasteiger partial charge in [0.2, 0.25) is 0 Å². The predicted molar refractivity (Wildman–Crippen MR) is 106 cm³/mol. The van der Waals surface area contributed by atoms with Gasteiger partial charge in [-0.15, -0.1) is 0 Å². The van der Waals surface area contributed by atoms with Crippen LogP contribution in [-0.4, -0.2) is 61.1 Å². The molecule has 7 nitrogen and oxygen atoms in total. The van der Waals surface area contributed by atoms with Crippen molar-refractivity contribution in [1.82, 2.24) is 20.5 Å². The van der Waals surface area contributed by atoms with Gasteiger partial charge < -0.3 is 15.4 Å². The first-order valence-electron chi connectivity index (χ1n) is 9.52. The molecule has 2 heterocycles. The Morgan fingerprint density at radius 1 is 1.11 bits per heavy atom. The fourth-order valence-corrected chi connectivity index (χ4v) is 3.05. The Hall–Kier alpha value is -2.77. The average Bonchev–Trinajstić information content (AvgIpc) is 2.75. The van der Waals surface area contributed by atoms with Crippen LogP contribution in [0.4, 0.5) is 0 Å². The summed E-state index contributed by atoms with van der Waals surface area (Å²) in [6, 6.07) is 11.2. The number of ether oxygens (including phenoxy) is 1. The Kier molecular flexibility index (Phi) is 7.11. The van der Waals surface area contributed by atoms with Gasteiger partial charge in [-0.2, -0.15) is 0 Å². The molecule has 1 aromatic carbocycles. The molecule has 2 aromatic rings. The van der Waals surface area contributed by atoms with Crippen LogP contribution in [0.2, 0.25) is 0 Å². The van der Waals surface area contributed by atoms with E-state index in [0.717, 1.165) is 38.4 Å². The summed E-state index contributed by atoms with van der Waals surface area (Å²) >= 11 is 0. The Bertz CT molecular complexity index is 791. The maximum Gasteiger partial charge on any atom is 0.253 e. The van der Waals surface area contributed by atoms with E-state index in [4.69, 9.17) is 4.74 Å². The average molecular weight is 382 g/mol. The number of benzene rings is 1. The summed E-state index contributed by atoms with van der Waals surface area (Å²) in [5, 5.41) is 5.82. The van der Waals surface area contributed by atoms with Crippen LogP contribution in [0.15, 0.2) is 48.8 Å². The molecule has 3 rings (SSSR count). The van der Waals surface area contributed by atoms with Gasteiger partial charge in [0.05, 0.1) is 30.4 Å². The third-order valence-corrected chi connectivity index (χ3v) is 4.73. The number of hydrogen-bond acceptors (Lipinski definition) is 5. The molecule has 7 heteroatoms. The van der Waals surface area contributed by atoms with E-state index >= 15 is 0 Å². The third kappa shape index (κ3) is 5.61. The number of carbonyl (C=O) groups is 2. The predicted octanol–water partition coefficient (Wildman–Crippen LogP) is 1.63. The van der Waals surface area contributed by atoms with Crippen molar-refractivity contribution in [1.29, 1.82) is 0 Å². The summed E-state index contributed by atoms with van der Waals surface area (Å²) in [6.07, 6.45) is 2.94. The van der Waals surface area contributed by atoms with Crippen LogP contribution in [0.3, 0.4) is 0 Å². The van der Waals surface area contributed by atoms with Crippen LogP contribution in [0.25, 0.3) is 0 Å². The summed E-state index contributed by atoms with van der Waals surface area (Å²) in [6.45, 7) is 6.46. The van der Waals surface area contributed by atoms with E-state index < -0.39 is 0 Å². The molecule has 1 aliphatic heterocycles. The zero-order valence-electron chi connectivity index (χ0n) is 16.1. The highest BCUT2D eigenvalue weighted by molar-refractivity contribution is 5.99. The molecule has 1 atom stereocenters. The molecule has 2 N–H and O–H groups in total. The number of hydrogen-bond donors (Lipinski definition) is 2. The third-order valence-electron chi connectivity index (χ3n) is 4.73. The lowest BCUT2D eigenvalue weighted by Gasteiger charge is -2.26. The van der Waals surface area contributed by atoms with Crippen molar-refractivity contribution in [3.05, 3.63) is 65.5 Å². The lowest BCUT2D eigenvalue weighted by molar-refractivity contribution is 0.0383. The van der Waals surface area contributed by atoms with Crippen molar-refractivity contribution in [2.24, 2.45) is 0 Å². The molecule has 0 saturated carbocycles. The summed E-state index contributed by atoms with van der Waals surface area (Å²) in [5.41, 5.74) is 1.76. The topological polar surface area (TPSA) is 83.6 Å². The molecule has 0 bridgehead atoms. The van der Waals surface area contributed by atoms with Crippen molar-refractivity contribution in [3.63, 3.8) is 0 Å². The minimum absolute atomic E-state index is 0.139. The highest BCUT2D eigenvalue weighted by atomic mass is 16.5. The molecule has 1 saturated heterocycles. The molecule has 148 valence electrons. The first kappa shape index (κ1) is 20.0. The van der Waals surface area contributed by atoms with Gasteiger partial charge in [-0.05, 0) is 18.6 Å². The molecule has 0 aliphatic carbocycles. The van der Waals surface area contributed by atoms with Gasteiger partial charge >= 0.3 is 0 Å². The van der Waals surface area contributed by atoms with Gasteiger partial charge in [0.15, 0.2) is 0 Å². The Morgan fingerprint density at radius 3 is 2.50 bits per heavy atom. The minimum Gasteiger partial charge on any atom is -0.379 e. The zero-order valence-corrected chi connectivity index (χ0v) is 16.1. The maximum absolute atomic E-state index is 12.5. The normalized spacial score (nSPS) is 15.6. The lowest BCUT2D eigenvalue weighted by atomic mass is 10.1. The molecular weight excluding hydrogens is 356 g/mol. The van der Waals surface area contributed by atoms with Crippen LogP contribution >= 0.6 is 0 Å². The van der Waals surface area contributed by atoms with Crippen molar-refractivity contribution in [3.8, 4) is 0 Å². The molecule has 0 spiro atoms. The van der Waals surface area contributed by atoms with Gasteiger partial charge in [0, 0.05) is 38.6 Å². The van der Waals surface area contributed by atoms with Crippen LogP contribution in [0.5, 0.6) is 0 Å². The highest BCUT2D eigenvalue weighted by Crippen LogP contribution is 2.12. The quantitative estimate of drug-likeness (QED) is 0.761. The van der Waals surface area contributed by atoms with E-state index in [-0.39, 0.29) is 17.9 Å². The molecule has 2 amide bonds. The van der Waals surface area contributed by atoms with Gasteiger partial charge in [0.1, 0.15) is 0 Å². The van der Waals surface area contributed by atoms with E-state index in [1.165, 1.54) is 12.4 Å². The van der Waals surface area contributed by atoms with Crippen LogP contribution in [0.1, 0.15) is 39.2 Å². The van der Waals surface area contributed by atoms with Gasteiger partial charge in [-0.25, -0.2) is 0 Å². The Balaban J connectivity index is 1.53. The summed E-state index contributed by atoms with van der Waals surface area (Å²) in [5.74, 6) is -0.488. The SMILES string of the molecule is CC(NC(=O)c1cncc(C(=O)NCCN2CCOCC2)c1)c1ccccc1. The van der Waals surface area contributed by atoms with Gasteiger partial charge in [-0.3, -0.25) is 19.5 Å². The first-order chi connectivity index (χ1) is 13.6. The largest absolute Gasteiger partial charge is 0.379 e. The molecule has 1 aliphatic rings. The minimum atomic E-state index is -0.258. The number of nitrogens with one attached hydrogen (secondary N) is 2. The van der Waals surface area contributed by atoms with E-state index in [1.807, 2.05) is 37.3 Å². The van der Waals surface area contributed by atoms with Gasteiger partial charge in [-0.1, -0.05) is 30.3 Å². The Morgan fingerprint density at radius 2 is 1.79 bits per heavy atom. The summed E-state index contributed by atoms with van der Waals surface area (Å²) in [4.78, 5) is 31.2. The molecule has 1 aromatic heterocycles. The fraction of sp³-hybridized carbons (Fsp3) is 0.381. The molecule has 28 heavy (non-hydrogen) atoms. The van der Waals surface area contributed by atoms with Crippen molar-refractivity contribution < 1.29 is 14.3 Å². The Labute approximate surface area is 165 Å². The lowest BCUT2D eigenvalue weighted by Crippen LogP contribution is -2.41. The molecular formula is C21H26N4O3. The summed E-state index contributed by atoms with van der Waals surface area (Å²) in [7, 11) is 0. The van der Waals surface area contributed by atoms with Crippen molar-refractivity contribution in [2.45, 2.75) is 13.0 Å². The van der Waals surface area contributed by atoms with Crippen LogP contribution < -0.4 is 10.6 Å². The van der Waals surface area contributed by atoms with E-state index in [9.17, 15) is 9.59 Å². The number of morpholine rings is 1. The monoisotopic (exact) mass is 382 g/mol. The molecule has 1 unspecified atom stereocenters. The van der Waals surface area contributed by atoms with E-state index in [2.05, 4.69) is 20.5 Å². The number of aromatic nitrogens is 1. The fourth-order valence-electron chi connectivity index (χ4n) is 3.05. The van der Waals surface area contributed by atoms with Crippen molar-refractivity contribution >= 4 is 11.8 Å². The molecule has 0 radical (unpaired) electrons. The first-order valence-corrected chi connectivity index (χ1v) is 9.52. The zero-order chi connectivity index (χ0) is 19.8. The van der Waals surface area contributed by atoms with Crippen molar-refractivity contribution in [2.75, 3.05) is 39.4 Å². The van der Waals surface area contributed by atoms with Crippen LogP contribution in [0, 0.1) is 0 Å². The van der Waals surface area contributed by atoms with E-state index in [1.54, 1.807) is 6.07 Å². The second-order valence-corrected chi connectivity index (χ2v) is 6.78. The smallest absolute Gasteiger partial charge is 0.253 e. The highest BCUT2D eigenvalue weighted by Gasteiger charge is 2.15. The number of rotatable bonds is 7. The van der Waals surface area contributed by atoms with E-state index in [0.29, 0.717) is 17.7 Å². The number of nitrogens with zero attached hydrogens (tertiary/aromatic N) is 2. The second-order valence-electron chi connectivity index (χ2n) is 6.78. The maximum atomic E-state index is 12.5. The second kappa shape index (κ2) is 9.96. The molecule has 1 fully saturated rings. The van der Waals surface area contributed by atoms with Gasteiger partial charge in [0.25, 0.3) is 11.8 Å². The number of carbonyl (C=O) groups excluding carboxylic acids is 2. The number of pyridine rings is 1. The number of amides is 2. The van der Waals surface area contributed by atoms with Crippen LogP contribution in [-0.2, 0) is 4.74 Å².